The molecule has 0 fully saturated rings. The SMILES string of the molecule is O=C(O)C(OCCCl)c1ccc(C(F)(F)F)cc1. The fraction of sp³-hybridized carbons (Fsp3) is 0.364. The molecule has 18 heavy (non-hydrogen) atoms. The number of carbonyl (C=O) groups is 1. The summed E-state index contributed by atoms with van der Waals surface area (Å²) in [7, 11) is 0. The Balaban J connectivity index is 2.90. The lowest BCUT2D eigenvalue weighted by atomic mass is 10.1. The van der Waals surface area contributed by atoms with Crippen LogP contribution in [0.2, 0.25) is 0 Å². The van der Waals surface area contributed by atoms with Crippen LogP contribution in [0.25, 0.3) is 0 Å². The maximum absolute atomic E-state index is 12.3. The molecule has 0 radical (unpaired) electrons. The van der Waals surface area contributed by atoms with Gasteiger partial charge in [-0.3, -0.25) is 0 Å². The lowest BCUT2D eigenvalue weighted by Gasteiger charge is -2.14. The van der Waals surface area contributed by atoms with Crippen LogP contribution < -0.4 is 0 Å². The quantitative estimate of drug-likeness (QED) is 0.844. The largest absolute Gasteiger partial charge is 0.479 e. The van der Waals surface area contributed by atoms with Gasteiger partial charge in [-0.05, 0) is 17.7 Å². The summed E-state index contributed by atoms with van der Waals surface area (Å²) < 4.78 is 41.9. The van der Waals surface area contributed by atoms with Crippen molar-refractivity contribution in [2.24, 2.45) is 0 Å². The Morgan fingerprint density at radius 2 is 1.89 bits per heavy atom. The first kappa shape index (κ1) is 14.8. The molecule has 0 aliphatic heterocycles. The van der Waals surface area contributed by atoms with Gasteiger partial charge in [0.05, 0.1) is 12.2 Å². The summed E-state index contributed by atoms with van der Waals surface area (Å²) in [5.74, 6) is -1.18. The minimum atomic E-state index is -4.45. The van der Waals surface area contributed by atoms with Crippen LogP contribution in [0.5, 0.6) is 0 Å². The van der Waals surface area contributed by atoms with Gasteiger partial charge < -0.3 is 9.84 Å². The Morgan fingerprint density at radius 3 is 2.28 bits per heavy atom. The van der Waals surface area contributed by atoms with E-state index in [-0.39, 0.29) is 18.1 Å². The Hall–Kier alpha value is -1.27. The standard InChI is InChI=1S/C11H10ClF3O3/c12-5-6-18-9(10(16)17)7-1-3-8(4-2-7)11(13,14)15/h1-4,9H,5-6H2,(H,16,17). The van der Waals surface area contributed by atoms with Crippen LogP contribution in [-0.2, 0) is 15.7 Å². The molecule has 1 N–H and O–H groups in total. The second-order valence-corrected chi connectivity index (χ2v) is 3.78. The van der Waals surface area contributed by atoms with E-state index in [0.717, 1.165) is 24.3 Å². The third-order valence-electron chi connectivity index (χ3n) is 2.13. The maximum Gasteiger partial charge on any atom is 0.416 e. The first-order valence-electron chi connectivity index (χ1n) is 4.94. The minimum absolute atomic E-state index is 0.000452. The minimum Gasteiger partial charge on any atom is -0.479 e. The smallest absolute Gasteiger partial charge is 0.416 e. The molecule has 1 atom stereocenters. The fourth-order valence-corrected chi connectivity index (χ4v) is 1.41. The predicted molar refractivity (Wildman–Crippen MR) is 58.5 cm³/mol. The zero-order chi connectivity index (χ0) is 13.8. The van der Waals surface area contributed by atoms with Crippen molar-refractivity contribution in [3.8, 4) is 0 Å². The van der Waals surface area contributed by atoms with Crippen LogP contribution in [0.4, 0.5) is 13.2 Å². The van der Waals surface area contributed by atoms with Crippen molar-refractivity contribution in [1.82, 2.24) is 0 Å². The third-order valence-corrected chi connectivity index (χ3v) is 2.28. The number of halogens is 4. The predicted octanol–water partition coefficient (Wildman–Crippen LogP) is 3.09. The average Bonchev–Trinajstić information content (AvgIpc) is 2.28. The van der Waals surface area contributed by atoms with Crippen LogP contribution in [-0.4, -0.2) is 23.6 Å². The van der Waals surface area contributed by atoms with Gasteiger partial charge in [0.2, 0.25) is 0 Å². The molecular weight excluding hydrogens is 273 g/mol. The molecule has 0 bridgehead atoms. The lowest BCUT2D eigenvalue weighted by molar-refractivity contribution is -0.150. The van der Waals surface area contributed by atoms with Gasteiger partial charge in [0.15, 0.2) is 6.10 Å². The molecule has 1 unspecified atom stereocenters. The van der Waals surface area contributed by atoms with E-state index in [2.05, 4.69) is 0 Å². The van der Waals surface area contributed by atoms with Crippen molar-refractivity contribution in [3.05, 3.63) is 35.4 Å². The van der Waals surface area contributed by atoms with E-state index in [1.54, 1.807) is 0 Å². The van der Waals surface area contributed by atoms with E-state index < -0.39 is 23.8 Å². The first-order chi connectivity index (χ1) is 8.36. The summed E-state index contributed by atoms with van der Waals surface area (Å²) in [6.45, 7) is -0.000452. The number of hydrogen-bond donors (Lipinski definition) is 1. The highest BCUT2D eigenvalue weighted by atomic mass is 35.5. The molecule has 0 aromatic heterocycles. The Bertz CT molecular complexity index is 403. The summed E-state index contributed by atoms with van der Waals surface area (Å²) in [5, 5.41) is 8.89. The van der Waals surface area contributed by atoms with E-state index in [1.807, 2.05) is 0 Å². The highest BCUT2D eigenvalue weighted by molar-refractivity contribution is 6.17. The van der Waals surface area contributed by atoms with E-state index in [0.29, 0.717) is 0 Å². The molecule has 1 aromatic carbocycles. The van der Waals surface area contributed by atoms with Crippen molar-refractivity contribution in [2.45, 2.75) is 12.3 Å². The number of carboxylic acids is 1. The molecule has 0 saturated carbocycles. The molecule has 0 aliphatic rings. The average molecular weight is 283 g/mol. The van der Waals surface area contributed by atoms with E-state index >= 15 is 0 Å². The molecule has 0 saturated heterocycles. The van der Waals surface area contributed by atoms with Gasteiger partial charge in [-0.2, -0.15) is 13.2 Å². The summed E-state index contributed by atoms with van der Waals surface area (Å²) in [6, 6.07) is 3.79. The third kappa shape index (κ3) is 3.89. The van der Waals surface area contributed by atoms with Gasteiger partial charge in [-0.1, -0.05) is 12.1 Å². The van der Waals surface area contributed by atoms with Crippen molar-refractivity contribution in [3.63, 3.8) is 0 Å². The number of aliphatic carboxylic acids is 1. The Labute approximate surface area is 106 Å². The second kappa shape index (κ2) is 6.06. The second-order valence-electron chi connectivity index (χ2n) is 3.40. The molecule has 0 heterocycles. The molecule has 0 aliphatic carbocycles. The molecule has 0 amide bonds. The normalized spacial score (nSPS) is 13.3. The molecule has 1 rings (SSSR count). The number of benzene rings is 1. The number of alkyl halides is 4. The highest BCUT2D eigenvalue weighted by Crippen LogP contribution is 2.30. The zero-order valence-electron chi connectivity index (χ0n) is 9.08. The van der Waals surface area contributed by atoms with Crippen LogP contribution in [0.3, 0.4) is 0 Å². The number of hydrogen-bond acceptors (Lipinski definition) is 2. The maximum atomic E-state index is 12.3. The van der Waals surface area contributed by atoms with Crippen molar-refractivity contribution in [1.29, 1.82) is 0 Å². The number of ether oxygens (including phenoxy) is 1. The Kier molecular flexibility index (Phi) is 4.98. The van der Waals surface area contributed by atoms with Crippen molar-refractivity contribution < 1.29 is 27.8 Å². The van der Waals surface area contributed by atoms with Gasteiger partial charge in [-0.15, -0.1) is 11.6 Å². The number of rotatable bonds is 5. The van der Waals surface area contributed by atoms with E-state index in [1.165, 1.54) is 0 Å². The van der Waals surface area contributed by atoms with Crippen LogP contribution >= 0.6 is 11.6 Å². The van der Waals surface area contributed by atoms with Crippen molar-refractivity contribution >= 4 is 17.6 Å². The first-order valence-corrected chi connectivity index (χ1v) is 5.47. The molecular formula is C11H10ClF3O3. The van der Waals surface area contributed by atoms with Gasteiger partial charge in [0, 0.05) is 5.88 Å². The topological polar surface area (TPSA) is 46.5 Å². The monoisotopic (exact) mass is 282 g/mol. The summed E-state index contributed by atoms with van der Waals surface area (Å²) in [6.07, 6.45) is -5.76. The summed E-state index contributed by atoms with van der Waals surface area (Å²) in [4.78, 5) is 10.9. The van der Waals surface area contributed by atoms with E-state index in [4.69, 9.17) is 21.4 Å². The van der Waals surface area contributed by atoms with Crippen molar-refractivity contribution in [2.75, 3.05) is 12.5 Å². The Morgan fingerprint density at radius 1 is 1.33 bits per heavy atom. The zero-order valence-corrected chi connectivity index (χ0v) is 9.83. The summed E-state index contributed by atoms with van der Waals surface area (Å²) >= 11 is 5.36. The summed E-state index contributed by atoms with van der Waals surface area (Å²) in [5.41, 5.74) is -0.701. The van der Waals surface area contributed by atoms with Crippen LogP contribution in [0.1, 0.15) is 17.2 Å². The van der Waals surface area contributed by atoms with Crippen LogP contribution in [0, 0.1) is 0 Å². The molecule has 3 nitrogen and oxygen atoms in total. The van der Waals surface area contributed by atoms with Crippen LogP contribution in [0.15, 0.2) is 24.3 Å². The van der Waals surface area contributed by atoms with E-state index in [9.17, 15) is 18.0 Å². The van der Waals surface area contributed by atoms with Gasteiger partial charge in [0.25, 0.3) is 0 Å². The van der Waals surface area contributed by atoms with Gasteiger partial charge in [0.1, 0.15) is 0 Å². The number of carboxylic acid groups (broad SMARTS) is 1. The molecule has 1 aromatic rings. The lowest BCUT2D eigenvalue weighted by Crippen LogP contribution is -2.17. The highest BCUT2D eigenvalue weighted by Gasteiger charge is 2.30. The van der Waals surface area contributed by atoms with Gasteiger partial charge >= 0.3 is 12.1 Å². The fourth-order valence-electron chi connectivity index (χ4n) is 1.32. The molecule has 7 heteroatoms. The van der Waals surface area contributed by atoms with Gasteiger partial charge in [-0.25, -0.2) is 4.79 Å². The molecule has 100 valence electrons. The molecule has 0 spiro atoms.